The van der Waals surface area contributed by atoms with Crippen LogP contribution in [-0.2, 0) is 6.54 Å². The Labute approximate surface area is 153 Å². The number of halogens is 1. The first-order chi connectivity index (χ1) is 13.3. The Morgan fingerprint density at radius 3 is 3.00 bits per heavy atom. The van der Waals surface area contributed by atoms with Crippen molar-refractivity contribution in [2.75, 3.05) is 0 Å². The minimum Gasteiger partial charge on any atom is -0.364 e. The molecule has 134 valence electrons. The van der Waals surface area contributed by atoms with E-state index in [1.807, 2.05) is 24.5 Å². The van der Waals surface area contributed by atoms with Crippen molar-refractivity contribution >= 4 is 23.2 Å². The highest BCUT2D eigenvalue weighted by atomic mass is 19.1. The summed E-state index contributed by atoms with van der Waals surface area (Å²) in [6.45, 7) is 0.542. The fraction of sp³-hybridized carbons (Fsp3) is 0.150. The van der Waals surface area contributed by atoms with Crippen molar-refractivity contribution in [3.8, 4) is 0 Å². The van der Waals surface area contributed by atoms with E-state index in [1.54, 1.807) is 24.7 Å². The maximum absolute atomic E-state index is 13.4. The van der Waals surface area contributed by atoms with Gasteiger partial charge < -0.3 is 14.1 Å². The first-order valence-electron chi connectivity index (χ1n) is 8.70. The number of rotatable bonds is 2. The van der Waals surface area contributed by atoms with Gasteiger partial charge in [0.15, 0.2) is 0 Å². The maximum Gasteiger partial charge on any atom is 0.137 e. The summed E-state index contributed by atoms with van der Waals surface area (Å²) < 4.78 is 20.5. The topological polar surface area (TPSA) is 72.0 Å². The molecule has 0 fully saturated rings. The normalized spacial score (nSPS) is 20.0. The molecule has 0 saturated carbocycles. The van der Waals surface area contributed by atoms with E-state index in [0.717, 1.165) is 38.9 Å². The van der Waals surface area contributed by atoms with Crippen molar-refractivity contribution in [3.05, 3.63) is 76.9 Å². The minimum atomic E-state index is -0.215. The number of aliphatic imine (C=N–C) groups is 1. The standard InChI is InChI=1S/C20H16FN5O/c21-14-3-1-13(2-4-14)18-19(16-5-8-22-20-17(16)6-9-23-20)26(12-24-18)11-15-7-10-27-25-15/h1,3-4,6-10,12,23H,2,5,11H2. The van der Waals surface area contributed by atoms with Crippen molar-refractivity contribution in [2.24, 2.45) is 4.99 Å². The molecule has 0 bridgehead atoms. The van der Waals surface area contributed by atoms with Crippen LogP contribution < -0.4 is 10.7 Å². The molecule has 2 aliphatic rings. The summed E-state index contributed by atoms with van der Waals surface area (Å²) in [5.74, 6) is 0.624. The van der Waals surface area contributed by atoms with Crippen LogP contribution in [0, 0.1) is 0 Å². The van der Waals surface area contributed by atoms with E-state index in [2.05, 4.69) is 24.7 Å². The summed E-state index contributed by atoms with van der Waals surface area (Å²) in [5.41, 5.74) is 3.99. The number of fused-ring (bicyclic) bond motifs is 1. The van der Waals surface area contributed by atoms with Gasteiger partial charge in [-0.15, -0.1) is 0 Å². The number of imidazole rings is 1. The molecule has 0 saturated heterocycles. The van der Waals surface area contributed by atoms with E-state index in [-0.39, 0.29) is 5.83 Å². The molecular weight excluding hydrogens is 345 g/mol. The van der Waals surface area contributed by atoms with Crippen LogP contribution in [0.25, 0.3) is 11.1 Å². The monoisotopic (exact) mass is 361 g/mol. The maximum atomic E-state index is 13.4. The van der Waals surface area contributed by atoms with Crippen LogP contribution in [0.4, 0.5) is 10.2 Å². The Kier molecular flexibility index (Phi) is 3.71. The van der Waals surface area contributed by atoms with Crippen LogP contribution in [0.3, 0.4) is 0 Å². The molecule has 5 rings (SSSR count). The van der Waals surface area contributed by atoms with Crippen molar-refractivity contribution in [1.82, 2.24) is 19.7 Å². The first kappa shape index (κ1) is 15.7. The van der Waals surface area contributed by atoms with Crippen LogP contribution in [0.5, 0.6) is 0 Å². The van der Waals surface area contributed by atoms with E-state index >= 15 is 0 Å². The number of allylic oxidation sites excluding steroid dienone is 4. The van der Waals surface area contributed by atoms with E-state index in [9.17, 15) is 4.39 Å². The van der Waals surface area contributed by atoms with Crippen LogP contribution in [0.15, 0.2) is 64.5 Å². The molecule has 0 atom stereocenters. The smallest absolute Gasteiger partial charge is 0.137 e. The van der Waals surface area contributed by atoms with Crippen molar-refractivity contribution < 1.29 is 8.91 Å². The molecule has 4 heterocycles. The highest BCUT2D eigenvalue weighted by molar-refractivity contribution is 5.88. The summed E-state index contributed by atoms with van der Waals surface area (Å²) in [7, 11) is 0. The molecule has 0 amide bonds. The number of H-pyrrole nitrogens is 1. The molecule has 1 aliphatic heterocycles. The summed E-state index contributed by atoms with van der Waals surface area (Å²) in [5, 5.41) is 5.88. The summed E-state index contributed by atoms with van der Waals surface area (Å²) in [6.07, 6.45) is 13.2. The molecule has 3 aromatic rings. The molecule has 7 heteroatoms. The van der Waals surface area contributed by atoms with Gasteiger partial charge in [0.05, 0.1) is 23.6 Å². The fourth-order valence-electron chi connectivity index (χ4n) is 3.52. The Balaban J connectivity index is 1.79. The lowest BCUT2D eigenvalue weighted by molar-refractivity contribution is 0.409. The van der Waals surface area contributed by atoms with Gasteiger partial charge in [-0.2, -0.15) is 0 Å². The average Bonchev–Trinajstić information content (AvgIpc) is 3.43. The Bertz CT molecular complexity index is 1210. The van der Waals surface area contributed by atoms with E-state index in [1.165, 1.54) is 6.08 Å². The third kappa shape index (κ3) is 2.77. The molecule has 0 spiro atoms. The van der Waals surface area contributed by atoms with E-state index < -0.39 is 0 Å². The zero-order chi connectivity index (χ0) is 18.2. The molecule has 6 nitrogen and oxygen atoms in total. The van der Waals surface area contributed by atoms with Crippen LogP contribution in [0.1, 0.15) is 24.1 Å². The predicted octanol–water partition coefficient (Wildman–Crippen LogP) is 2.52. The highest BCUT2D eigenvalue weighted by Gasteiger charge is 2.17. The summed E-state index contributed by atoms with van der Waals surface area (Å²) >= 11 is 0. The fourth-order valence-corrected chi connectivity index (χ4v) is 3.52. The van der Waals surface area contributed by atoms with Crippen molar-refractivity contribution in [2.45, 2.75) is 19.4 Å². The predicted molar refractivity (Wildman–Crippen MR) is 99.5 cm³/mol. The Morgan fingerprint density at radius 1 is 1.22 bits per heavy atom. The number of hydrogen-bond donors (Lipinski definition) is 1. The molecule has 1 aliphatic carbocycles. The van der Waals surface area contributed by atoms with Gasteiger partial charge >= 0.3 is 0 Å². The second-order valence-corrected chi connectivity index (χ2v) is 6.45. The van der Waals surface area contributed by atoms with Gasteiger partial charge in [-0.25, -0.2) is 14.4 Å². The van der Waals surface area contributed by atoms with Crippen molar-refractivity contribution in [3.63, 3.8) is 0 Å². The van der Waals surface area contributed by atoms with Gasteiger partial charge in [-0.3, -0.25) is 0 Å². The van der Waals surface area contributed by atoms with Gasteiger partial charge in [0.2, 0.25) is 0 Å². The van der Waals surface area contributed by atoms with E-state index in [4.69, 9.17) is 4.52 Å². The second-order valence-electron chi connectivity index (χ2n) is 6.45. The number of nitrogens with zero attached hydrogens (tertiary/aromatic N) is 4. The number of hydrogen-bond acceptors (Lipinski definition) is 4. The van der Waals surface area contributed by atoms with Gasteiger partial charge in [-0.1, -0.05) is 11.2 Å². The zero-order valence-corrected chi connectivity index (χ0v) is 14.4. The molecule has 3 aromatic heterocycles. The Hall–Kier alpha value is -3.48. The largest absolute Gasteiger partial charge is 0.364 e. The molecule has 0 unspecified atom stereocenters. The van der Waals surface area contributed by atoms with Gasteiger partial charge in [0.1, 0.15) is 23.6 Å². The van der Waals surface area contributed by atoms with Crippen LogP contribution in [0.2, 0.25) is 0 Å². The summed E-state index contributed by atoms with van der Waals surface area (Å²) in [4.78, 5) is 12.3. The first-order valence-corrected chi connectivity index (χ1v) is 8.70. The number of nitrogens with one attached hydrogen (secondary N) is 1. The number of aromatic nitrogens is 4. The summed E-state index contributed by atoms with van der Waals surface area (Å²) in [6, 6.07) is 3.86. The SMILES string of the molecule is FC1=CCC(=c2ncn(Cc3ccon3)c2=C2CC=Nc3[nH]ccc32)C=C1. The lowest BCUT2D eigenvalue weighted by atomic mass is 10.0. The molecule has 0 aromatic carbocycles. The Morgan fingerprint density at radius 2 is 2.19 bits per heavy atom. The molecular formula is C20H16FN5O. The van der Waals surface area contributed by atoms with Gasteiger partial charge in [0, 0.05) is 30.5 Å². The van der Waals surface area contributed by atoms with Crippen LogP contribution in [-0.4, -0.2) is 25.9 Å². The quantitative estimate of drug-likeness (QED) is 0.762. The lowest BCUT2D eigenvalue weighted by Gasteiger charge is -2.11. The number of aromatic amines is 1. The second kappa shape index (κ2) is 6.35. The molecule has 27 heavy (non-hydrogen) atoms. The van der Waals surface area contributed by atoms with Crippen LogP contribution >= 0.6 is 0 Å². The average molecular weight is 361 g/mol. The van der Waals surface area contributed by atoms with E-state index in [0.29, 0.717) is 19.4 Å². The zero-order valence-electron chi connectivity index (χ0n) is 14.4. The lowest BCUT2D eigenvalue weighted by Crippen LogP contribution is -2.35. The minimum absolute atomic E-state index is 0.215. The van der Waals surface area contributed by atoms with Crippen molar-refractivity contribution in [1.29, 1.82) is 0 Å². The third-order valence-electron chi connectivity index (χ3n) is 4.78. The molecule has 0 radical (unpaired) electrons. The van der Waals surface area contributed by atoms with Gasteiger partial charge in [-0.05, 0) is 35.8 Å². The third-order valence-corrected chi connectivity index (χ3v) is 4.78. The highest BCUT2D eigenvalue weighted by Crippen LogP contribution is 2.28. The van der Waals surface area contributed by atoms with Gasteiger partial charge in [0.25, 0.3) is 0 Å². The molecule has 1 N–H and O–H groups in total.